The Labute approximate surface area is 263 Å². The Morgan fingerprint density at radius 2 is 1.39 bits per heavy atom. The molecule has 3 atom stereocenters. The van der Waals surface area contributed by atoms with Crippen LogP contribution in [0.3, 0.4) is 0 Å². The van der Waals surface area contributed by atoms with Crippen molar-refractivity contribution in [3.8, 4) is 0 Å². The van der Waals surface area contributed by atoms with Crippen LogP contribution < -0.4 is 5.73 Å². The summed E-state index contributed by atoms with van der Waals surface area (Å²) in [4.78, 5) is 71.0. The molecule has 0 bridgehead atoms. The van der Waals surface area contributed by atoms with Gasteiger partial charge in [0.25, 0.3) is 0 Å². The zero-order valence-corrected chi connectivity index (χ0v) is 25.8. The van der Waals surface area contributed by atoms with Crippen molar-refractivity contribution in [2.24, 2.45) is 11.7 Å². The number of carbonyl (C=O) groups is 5. The summed E-state index contributed by atoms with van der Waals surface area (Å²) < 4.78 is 0. The molecule has 4 rings (SSSR count). The third kappa shape index (κ3) is 7.85. The Balaban J connectivity index is 1.72. The highest BCUT2D eigenvalue weighted by atomic mass is 32.2. The molecule has 0 saturated heterocycles. The maximum absolute atomic E-state index is 14.3. The van der Waals surface area contributed by atoms with E-state index in [1.54, 1.807) is 86.8 Å². The van der Waals surface area contributed by atoms with E-state index < -0.39 is 46.2 Å². The number of carboxylic acids is 1. The van der Waals surface area contributed by atoms with Crippen molar-refractivity contribution in [2.45, 2.75) is 37.6 Å². The summed E-state index contributed by atoms with van der Waals surface area (Å²) in [6.07, 6.45) is 1.46. The first-order chi connectivity index (χ1) is 21.1. The largest absolute Gasteiger partial charge is 0.480 e. The fourth-order valence-electron chi connectivity index (χ4n) is 4.55. The van der Waals surface area contributed by atoms with Gasteiger partial charge in [-0.2, -0.15) is 0 Å². The maximum Gasteiger partial charge on any atom is 0.327 e. The van der Waals surface area contributed by atoms with Crippen LogP contribution in [-0.4, -0.2) is 66.1 Å². The van der Waals surface area contributed by atoms with Crippen LogP contribution in [0, 0.1) is 5.92 Å². The molecule has 0 aliphatic rings. The molecule has 2 amide bonds. The van der Waals surface area contributed by atoms with Crippen LogP contribution in [0.1, 0.15) is 40.1 Å². The monoisotopic (exact) mass is 631 g/mol. The topological polar surface area (TPSA) is 151 Å². The average molecular weight is 632 g/mol. The molecule has 0 radical (unpaired) electrons. The first-order valence-corrected chi connectivity index (χ1v) is 15.8. The van der Waals surface area contributed by atoms with E-state index in [1.165, 1.54) is 0 Å². The highest BCUT2D eigenvalue weighted by molar-refractivity contribution is 8.18. The molecular weight excluding hydrogens is 599 g/mol. The van der Waals surface area contributed by atoms with Crippen LogP contribution in [0.15, 0.2) is 91.1 Å². The Morgan fingerprint density at radius 3 is 1.98 bits per heavy atom. The van der Waals surface area contributed by atoms with Gasteiger partial charge in [-0.25, -0.2) is 4.79 Å². The van der Waals surface area contributed by atoms with Crippen molar-refractivity contribution in [1.82, 2.24) is 9.88 Å². The number of nitrogens with two attached hydrogens (primary N) is 1. The van der Waals surface area contributed by atoms with E-state index in [-0.39, 0.29) is 17.3 Å². The molecule has 0 saturated carbocycles. The van der Waals surface area contributed by atoms with Crippen molar-refractivity contribution in [3.63, 3.8) is 0 Å². The Morgan fingerprint density at radius 1 is 0.818 bits per heavy atom. The second-order valence-corrected chi connectivity index (χ2v) is 12.6. The van der Waals surface area contributed by atoms with Gasteiger partial charge in [-0.3, -0.25) is 24.1 Å². The van der Waals surface area contributed by atoms with E-state index in [1.807, 2.05) is 18.2 Å². The molecule has 3 aromatic carbocycles. The van der Waals surface area contributed by atoms with Crippen molar-refractivity contribution in [1.29, 1.82) is 0 Å². The second kappa shape index (κ2) is 15.0. The van der Waals surface area contributed by atoms with Gasteiger partial charge in [-0.1, -0.05) is 116 Å². The minimum absolute atomic E-state index is 0.185. The number of aromatic nitrogens is 1. The lowest BCUT2D eigenvalue weighted by Gasteiger charge is -2.32. The molecule has 3 unspecified atom stereocenters. The van der Waals surface area contributed by atoms with E-state index in [9.17, 15) is 29.1 Å². The summed E-state index contributed by atoms with van der Waals surface area (Å²) in [5.41, 5.74) is 8.30. The Kier molecular flexibility index (Phi) is 11.2. The fraction of sp³-hybridized carbons (Fsp3) is 0.242. The number of aromatic amines is 1. The van der Waals surface area contributed by atoms with E-state index >= 15 is 0 Å². The Bertz CT molecular complexity index is 1640. The second-order valence-electron chi connectivity index (χ2n) is 10.5. The number of rotatable bonds is 12. The van der Waals surface area contributed by atoms with E-state index in [2.05, 4.69) is 4.98 Å². The van der Waals surface area contributed by atoms with E-state index in [4.69, 9.17) is 5.73 Å². The highest BCUT2D eigenvalue weighted by Crippen LogP contribution is 2.28. The lowest BCUT2D eigenvalue weighted by molar-refractivity contribution is -0.158. The quantitative estimate of drug-likeness (QED) is 0.196. The van der Waals surface area contributed by atoms with Gasteiger partial charge in [0.15, 0.2) is 0 Å². The molecule has 228 valence electrons. The number of para-hydroxylation sites is 1. The number of aliphatic carboxylic acids is 1. The van der Waals surface area contributed by atoms with Gasteiger partial charge in [-0.05, 0) is 17.5 Å². The summed E-state index contributed by atoms with van der Waals surface area (Å²) in [6, 6.07) is 21.2. The van der Waals surface area contributed by atoms with Gasteiger partial charge in [0, 0.05) is 40.4 Å². The summed E-state index contributed by atoms with van der Waals surface area (Å²) in [7, 11) is 0. The third-order valence-electron chi connectivity index (χ3n) is 7.07. The number of hydrogen-bond donors (Lipinski definition) is 3. The van der Waals surface area contributed by atoms with Gasteiger partial charge in [0.05, 0.1) is 6.04 Å². The molecule has 0 fully saturated rings. The summed E-state index contributed by atoms with van der Waals surface area (Å²) in [6.45, 7) is 3.39. The standard InChI is InChI=1S/C33H33N3O6S2/c1-20(2)28(34)30(38)36(26(31(39)40)17-23-18-35-25-16-10-9-15-24(23)25)29(37)27(44-33(42)22-13-7-4-8-14-22)19-43-32(41)21-11-5-3-6-12-21/h3-16,18,20,26-28,35H,17,19,34H2,1-2H3,(H,39,40). The van der Waals surface area contributed by atoms with Gasteiger partial charge in [0.2, 0.25) is 22.0 Å². The SMILES string of the molecule is CC(C)C(N)C(=O)N(C(=O)C(CSC(=O)c1ccccc1)SC(=O)c1ccccc1)C(Cc1c[nH]c2ccccc12)C(=O)O. The predicted molar refractivity (Wildman–Crippen MR) is 173 cm³/mol. The van der Waals surface area contributed by atoms with E-state index in [0.29, 0.717) is 33.4 Å². The van der Waals surface area contributed by atoms with Crippen LogP contribution in [0.2, 0.25) is 0 Å². The summed E-state index contributed by atoms with van der Waals surface area (Å²) in [5, 5.41) is 9.10. The summed E-state index contributed by atoms with van der Waals surface area (Å²) in [5.74, 6) is -3.77. The van der Waals surface area contributed by atoms with Crippen LogP contribution in [0.25, 0.3) is 10.9 Å². The van der Waals surface area contributed by atoms with Crippen molar-refractivity contribution in [2.75, 3.05) is 5.75 Å². The number of nitrogens with zero attached hydrogens (tertiary/aromatic N) is 1. The zero-order chi connectivity index (χ0) is 31.8. The average Bonchev–Trinajstić information content (AvgIpc) is 3.45. The number of thioether (sulfide) groups is 2. The highest BCUT2D eigenvalue weighted by Gasteiger charge is 2.42. The lowest BCUT2D eigenvalue weighted by Crippen LogP contribution is -2.58. The van der Waals surface area contributed by atoms with Crippen LogP contribution in [0.5, 0.6) is 0 Å². The first-order valence-electron chi connectivity index (χ1n) is 14.0. The molecule has 4 N–H and O–H groups in total. The number of H-pyrrole nitrogens is 1. The van der Waals surface area contributed by atoms with Gasteiger partial charge in [0.1, 0.15) is 11.3 Å². The number of hydrogen-bond acceptors (Lipinski definition) is 8. The smallest absolute Gasteiger partial charge is 0.327 e. The minimum atomic E-state index is -1.62. The Hall–Kier alpha value is -4.19. The molecule has 4 aromatic rings. The number of amides is 2. The molecule has 1 heterocycles. The number of fused-ring (bicyclic) bond motifs is 1. The maximum atomic E-state index is 14.3. The summed E-state index contributed by atoms with van der Waals surface area (Å²) >= 11 is 1.47. The van der Waals surface area contributed by atoms with Crippen LogP contribution >= 0.6 is 23.5 Å². The number of carbonyl (C=O) groups excluding carboxylic acids is 4. The minimum Gasteiger partial charge on any atom is -0.480 e. The van der Waals surface area contributed by atoms with Gasteiger partial charge >= 0.3 is 5.97 Å². The zero-order valence-electron chi connectivity index (χ0n) is 24.2. The fourth-order valence-corrected chi connectivity index (χ4v) is 6.52. The number of nitrogens with one attached hydrogen (secondary N) is 1. The van der Waals surface area contributed by atoms with Crippen molar-refractivity contribution >= 4 is 62.4 Å². The molecular formula is C33H33N3O6S2. The van der Waals surface area contributed by atoms with Gasteiger partial charge in [-0.15, -0.1) is 0 Å². The molecule has 11 heteroatoms. The van der Waals surface area contributed by atoms with Crippen molar-refractivity contribution < 1.29 is 29.1 Å². The molecule has 0 aliphatic heterocycles. The predicted octanol–water partition coefficient (Wildman–Crippen LogP) is 5.02. The van der Waals surface area contributed by atoms with Crippen LogP contribution in [-0.2, 0) is 20.8 Å². The van der Waals surface area contributed by atoms with Gasteiger partial charge < -0.3 is 15.8 Å². The van der Waals surface area contributed by atoms with E-state index in [0.717, 1.165) is 22.7 Å². The number of benzene rings is 3. The number of imide groups is 1. The molecule has 0 spiro atoms. The number of carboxylic acid groups (broad SMARTS) is 1. The molecule has 9 nitrogen and oxygen atoms in total. The van der Waals surface area contributed by atoms with Crippen molar-refractivity contribution in [3.05, 3.63) is 108 Å². The normalized spacial score (nSPS) is 13.3. The molecule has 0 aliphatic carbocycles. The molecule has 1 aromatic heterocycles. The first kappa shape index (κ1) is 32.7. The van der Waals surface area contributed by atoms with Crippen LogP contribution in [0.4, 0.5) is 0 Å². The molecule has 44 heavy (non-hydrogen) atoms. The lowest BCUT2D eigenvalue weighted by atomic mass is 9.99. The third-order valence-corrected chi connectivity index (χ3v) is 9.38.